The zero-order chi connectivity index (χ0) is 17.6. The molecule has 1 saturated carbocycles. The molecule has 148 valence electrons. The predicted octanol–water partition coefficient (Wildman–Crippen LogP) is 3.41. The third kappa shape index (κ3) is 5.03. The number of benzene rings is 1. The van der Waals surface area contributed by atoms with E-state index in [0.29, 0.717) is 12.6 Å². The van der Waals surface area contributed by atoms with E-state index in [0.717, 1.165) is 50.1 Å². The van der Waals surface area contributed by atoms with Crippen molar-refractivity contribution in [2.75, 3.05) is 27.4 Å². The van der Waals surface area contributed by atoms with E-state index in [9.17, 15) is 5.11 Å². The highest BCUT2D eigenvalue weighted by molar-refractivity contribution is 5.85. The first-order valence-electron chi connectivity index (χ1n) is 9.49. The number of rotatable bonds is 7. The van der Waals surface area contributed by atoms with Gasteiger partial charge in [0.2, 0.25) is 0 Å². The molecule has 1 aromatic rings. The maximum absolute atomic E-state index is 10.2. The summed E-state index contributed by atoms with van der Waals surface area (Å²) in [7, 11) is 3.31. The monoisotopic (exact) mass is 385 g/mol. The van der Waals surface area contributed by atoms with Gasteiger partial charge in [0.05, 0.1) is 26.9 Å². The topological polar surface area (TPSA) is 51.2 Å². The predicted molar refractivity (Wildman–Crippen MR) is 104 cm³/mol. The smallest absolute Gasteiger partial charge is 0.160 e. The molecule has 1 aliphatic heterocycles. The average molecular weight is 386 g/mol. The lowest BCUT2D eigenvalue weighted by Crippen LogP contribution is -2.48. The summed E-state index contributed by atoms with van der Waals surface area (Å²) in [4.78, 5) is 2.26. The zero-order valence-electron chi connectivity index (χ0n) is 15.9. The van der Waals surface area contributed by atoms with Crippen LogP contribution in [0, 0.1) is 0 Å². The van der Waals surface area contributed by atoms with E-state index in [1.807, 2.05) is 12.1 Å². The Morgan fingerprint density at radius 2 is 1.81 bits per heavy atom. The Morgan fingerprint density at radius 1 is 1.04 bits per heavy atom. The van der Waals surface area contributed by atoms with Crippen LogP contribution in [0.3, 0.4) is 0 Å². The molecule has 0 bridgehead atoms. The summed E-state index contributed by atoms with van der Waals surface area (Å²) < 4.78 is 16.9. The van der Waals surface area contributed by atoms with Gasteiger partial charge in [-0.2, -0.15) is 0 Å². The lowest BCUT2D eigenvalue weighted by molar-refractivity contribution is -0.0775. The minimum absolute atomic E-state index is 0. The molecule has 1 N–H and O–H groups in total. The Labute approximate surface area is 163 Å². The fraction of sp³-hybridized carbons (Fsp3) is 0.700. The van der Waals surface area contributed by atoms with Crippen molar-refractivity contribution in [3.8, 4) is 11.5 Å². The van der Waals surface area contributed by atoms with Gasteiger partial charge in [-0.25, -0.2) is 0 Å². The van der Waals surface area contributed by atoms with Crippen LogP contribution in [0.1, 0.15) is 44.1 Å². The second-order valence-electron chi connectivity index (χ2n) is 7.06. The number of aliphatic hydroxyl groups is 1. The summed E-state index contributed by atoms with van der Waals surface area (Å²) in [5.41, 5.74) is 1.19. The molecule has 0 amide bonds. The molecule has 1 unspecified atom stereocenters. The Hall–Kier alpha value is -1.01. The Morgan fingerprint density at radius 3 is 2.50 bits per heavy atom. The van der Waals surface area contributed by atoms with E-state index in [4.69, 9.17) is 14.2 Å². The second-order valence-corrected chi connectivity index (χ2v) is 7.06. The molecule has 6 heteroatoms. The molecule has 3 rings (SSSR count). The number of hydrogen-bond donors (Lipinski definition) is 1. The van der Waals surface area contributed by atoms with E-state index >= 15 is 0 Å². The van der Waals surface area contributed by atoms with Crippen LogP contribution in [0.15, 0.2) is 18.2 Å². The zero-order valence-corrected chi connectivity index (χ0v) is 16.7. The largest absolute Gasteiger partial charge is 0.493 e. The highest BCUT2D eigenvalue weighted by atomic mass is 35.5. The highest BCUT2D eigenvalue weighted by Gasteiger charge is 2.36. The lowest BCUT2D eigenvalue weighted by Gasteiger charge is -2.39. The minimum Gasteiger partial charge on any atom is -0.493 e. The summed E-state index contributed by atoms with van der Waals surface area (Å²) in [6.45, 7) is 1.70. The molecule has 0 radical (unpaired) electrons. The van der Waals surface area contributed by atoms with E-state index in [1.165, 1.54) is 18.4 Å². The van der Waals surface area contributed by atoms with Crippen LogP contribution in [0.2, 0.25) is 0 Å². The molecule has 1 heterocycles. The van der Waals surface area contributed by atoms with Gasteiger partial charge in [-0.05, 0) is 49.8 Å². The van der Waals surface area contributed by atoms with Crippen molar-refractivity contribution in [1.29, 1.82) is 0 Å². The van der Waals surface area contributed by atoms with Gasteiger partial charge in [0, 0.05) is 12.6 Å². The Balaban J connectivity index is 0.00000243. The number of nitrogens with zero attached hydrogens (tertiary/aromatic N) is 1. The normalized spacial score (nSPS) is 26.3. The molecular formula is C20H32ClNO4. The first-order chi connectivity index (χ1) is 12.2. The van der Waals surface area contributed by atoms with Crippen LogP contribution in [0.25, 0.3) is 0 Å². The van der Waals surface area contributed by atoms with Gasteiger partial charge in [0.15, 0.2) is 11.5 Å². The standard InChI is InChI=1S/C20H31NO4.ClH/c1-23-18-10-9-15(14-19(18)24-2)11-13-25-17-7-4-3-6-16(17)21-12-5-8-20(21)22;/h9-10,14,16-17,20,22H,3-8,11-13H2,1-2H3;1H/t16-,17-,20?;/m0./s1. The number of ether oxygens (including phenoxy) is 3. The van der Waals surface area contributed by atoms with Crippen LogP contribution in [0.5, 0.6) is 11.5 Å². The quantitative estimate of drug-likeness (QED) is 0.779. The second kappa shape index (κ2) is 10.4. The van der Waals surface area contributed by atoms with Gasteiger partial charge in [-0.3, -0.25) is 4.90 Å². The van der Waals surface area contributed by atoms with E-state index < -0.39 is 0 Å². The first kappa shape index (κ1) is 21.3. The lowest BCUT2D eigenvalue weighted by atomic mass is 9.91. The molecule has 2 aliphatic rings. The third-order valence-electron chi connectivity index (χ3n) is 5.53. The molecule has 2 fully saturated rings. The number of likely N-dealkylation sites (tertiary alicyclic amines) is 1. The van der Waals surface area contributed by atoms with Gasteiger partial charge in [0.25, 0.3) is 0 Å². The van der Waals surface area contributed by atoms with Crippen molar-refractivity contribution in [3.63, 3.8) is 0 Å². The van der Waals surface area contributed by atoms with Gasteiger partial charge >= 0.3 is 0 Å². The van der Waals surface area contributed by atoms with Gasteiger partial charge in [0.1, 0.15) is 6.23 Å². The van der Waals surface area contributed by atoms with Crippen molar-refractivity contribution in [2.45, 2.75) is 63.3 Å². The molecule has 26 heavy (non-hydrogen) atoms. The molecular weight excluding hydrogens is 354 g/mol. The molecule has 1 aliphatic carbocycles. The maximum atomic E-state index is 10.2. The molecule has 1 aromatic carbocycles. The Kier molecular flexibility index (Phi) is 8.48. The van der Waals surface area contributed by atoms with Crippen LogP contribution in [0.4, 0.5) is 0 Å². The van der Waals surface area contributed by atoms with E-state index in [-0.39, 0.29) is 24.7 Å². The van der Waals surface area contributed by atoms with Crippen molar-refractivity contribution < 1.29 is 19.3 Å². The summed E-state index contributed by atoms with van der Waals surface area (Å²) in [5.74, 6) is 1.51. The molecule has 5 nitrogen and oxygen atoms in total. The highest BCUT2D eigenvalue weighted by Crippen LogP contribution is 2.31. The average Bonchev–Trinajstić information content (AvgIpc) is 3.07. The summed E-state index contributed by atoms with van der Waals surface area (Å²) >= 11 is 0. The fourth-order valence-corrected chi connectivity index (χ4v) is 4.17. The van der Waals surface area contributed by atoms with Crippen LogP contribution in [-0.4, -0.2) is 55.8 Å². The van der Waals surface area contributed by atoms with Gasteiger partial charge < -0.3 is 19.3 Å². The minimum atomic E-state index is -0.278. The number of hydrogen-bond acceptors (Lipinski definition) is 5. The third-order valence-corrected chi connectivity index (χ3v) is 5.53. The molecule has 0 spiro atoms. The molecule has 3 atom stereocenters. The van der Waals surface area contributed by atoms with Crippen LogP contribution in [-0.2, 0) is 11.2 Å². The molecule has 0 aromatic heterocycles. The van der Waals surface area contributed by atoms with Crippen LogP contribution >= 0.6 is 12.4 Å². The number of aliphatic hydroxyl groups excluding tert-OH is 1. The van der Waals surface area contributed by atoms with Crippen molar-refractivity contribution >= 4 is 12.4 Å². The summed E-state index contributed by atoms with van der Waals surface area (Å²) in [5, 5.41) is 10.2. The van der Waals surface area contributed by atoms with Crippen molar-refractivity contribution in [3.05, 3.63) is 23.8 Å². The Bertz CT molecular complexity index is 557. The van der Waals surface area contributed by atoms with Crippen molar-refractivity contribution in [2.24, 2.45) is 0 Å². The van der Waals surface area contributed by atoms with E-state index in [2.05, 4.69) is 11.0 Å². The maximum Gasteiger partial charge on any atom is 0.160 e. The fourth-order valence-electron chi connectivity index (χ4n) is 4.17. The summed E-state index contributed by atoms with van der Waals surface area (Å²) in [6, 6.07) is 6.40. The first-order valence-corrected chi connectivity index (χ1v) is 9.49. The van der Waals surface area contributed by atoms with Gasteiger partial charge in [-0.1, -0.05) is 18.9 Å². The number of methoxy groups -OCH3 is 2. The SMILES string of the molecule is COc1ccc(CCO[C@H]2CCCC[C@@H]2N2CCCC2O)cc1OC.Cl. The number of halogens is 1. The van der Waals surface area contributed by atoms with E-state index in [1.54, 1.807) is 14.2 Å². The van der Waals surface area contributed by atoms with Crippen LogP contribution < -0.4 is 9.47 Å². The van der Waals surface area contributed by atoms with Crippen molar-refractivity contribution in [1.82, 2.24) is 4.90 Å². The molecule has 1 saturated heterocycles. The van der Waals surface area contributed by atoms with Gasteiger partial charge in [-0.15, -0.1) is 12.4 Å². The summed E-state index contributed by atoms with van der Waals surface area (Å²) in [6.07, 6.45) is 7.50.